The van der Waals surface area contributed by atoms with Crippen molar-refractivity contribution in [3.63, 3.8) is 0 Å². The fourth-order valence-corrected chi connectivity index (χ4v) is 2.95. The van der Waals surface area contributed by atoms with Gasteiger partial charge in [0, 0.05) is 12.6 Å². The number of nitriles is 1. The summed E-state index contributed by atoms with van der Waals surface area (Å²) in [7, 11) is 0. The second-order valence-corrected chi connectivity index (χ2v) is 6.21. The number of ether oxygens (including phenoxy) is 1. The Labute approximate surface area is 156 Å². The molecule has 0 fully saturated rings. The van der Waals surface area contributed by atoms with E-state index in [0.717, 1.165) is 5.56 Å². The summed E-state index contributed by atoms with van der Waals surface area (Å²) in [6.45, 7) is 0.138. The van der Waals surface area contributed by atoms with Gasteiger partial charge >= 0.3 is 6.09 Å². The molecule has 0 saturated heterocycles. The van der Waals surface area contributed by atoms with Crippen LogP contribution in [0, 0.1) is 11.3 Å². The van der Waals surface area contributed by atoms with E-state index in [1.807, 2.05) is 36.4 Å². The van der Waals surface area contributed by atoms with E-state index in [1.54, 1.807) is 18.2 Å². The number of rotatable bonds is 3. The minimum Gasteiger partial charge on any atom is -0.444 e. The van der Waals surface area contributed by atoms with Gasteiger partial charge in [-0.3, -0.25) is 9.69 Å². The van der Waals surface area contributed by atoms with Gasteiger partial charge < -0.3 is 4.74 Å². The largest absolute Gasteiger partial charge is 0.444 e. The predicted octanol–water partition coefficient (Wildman–Crippen LogP) is 4.38. The fourth-order valence-electron chi connectivity index (χ4n) is 2.71. The van der Waals surface area contributed by atoms with Crippen molar-refractivity contribution in [2.24, 2.45) is 0 Å². The number of carbonyl (C=O) groups is 2. The van der Waals surface area contributed by atoms with Crippen LogP contribution in [0.1, 0.15) is 29.2 Å². The van der Waals surface area contributed by atoms with Crippen LogP contribution in [-0.2, 0) is 16.1 Å². The van der Waals surface area contributed by atoms with Crippen LogP contribution < -0.4 is 0 Å². The molecule has 0 bridgehead atoms. The summed E-state index contributed by atoms with van der Waals surface area (Å²) < 4.78 is 5.37. The lowest BCUT2D eigenvalue weighted by atomic mass is 9.97. The number of nitrogens with zero attached hydrogens (tertiary/aromatic N) is 2. The molecular weight excluding hydrogens is 352 g/mol. The highest BCUT2D eigenvalue weighted by Crippen LogP contribution is 2.31. The highest BCUT2D eigenvalue weighted by molar-refractivity contribution is 6.31. The Morgan fingerprint density at radius 3 is 2.73 bits per heavy atom. The molecule has 2 aromatic carbocycles. The van der Waals surface area contributed by atoms with Gasteiger partial charge in [0.1, 0.15) is 12.7 Å². The van der Waals surface area contributed by atoms with Crippen molar-refractivity contribution in [1.29, 1.82) is 5.26 Å². The van der Waals surface area contributed by atoms with Gasteiger partial charge in [-0.2, -0.15) is 5.26 Å². The van der Waals surface area contributed by atoms with E-state index >= 15 is 0 Å². The molecule has 5 nitrogen and oxygen atoms in total. The Morgan fingerprint density at radius 2 is 2.04 bits per heavy atom. The maximum Gasteiger partial charge on any atom is 0.414 e. The lowest BCUT2D eigenvalue weighted by molar-refractivity contribution is -0.116. The first-order valence-corrected chi connectivity index (χ1v) is 8.36. The van der Waals surface area contributed by atoms with Gasteiger partial charge in [-0.05, 0) is 29.3 Å². The second-order valence-electron chi connectivity index (χ2n) is 5.80. The smallest absolute Gasteiger partial charge is 0.414 e. The summed E-state index contributed by atoms with van der Waals surface area (Å²) in [5.41, 5.74) is 1.88. The molecule has 0 N–H and O–H groups in total. The zero-order chi connectivity index (χ0) is 18.5. The summed E-state index contributed by atoms with van der Waals surface area (Å²) in [6.07, 6.45) is 2.35. The first kappa shape index (κ1) is 17.7. The monoisotopic (exact) mass is 366 g/mol. The number of ketones is 1. The number of hydrogen-bond donors (Lipinski definition) is 0. The minimum absolute atomic E-state index is 0.0948. The fraction of sp³-hybridized carbons (Fsp3) is 0.150. The third-order valence-corrected chi connectivity index (χ3v) is 4.38. The lowest BCUT2D eigenvalue weighted by Gasteiger charge is -2.30. The Balaban J connectivity index is 1.80. The van der Waals surface area contributed by atoms with E-state index < -0.39 is 12.1 Å². The number of hydrogen-bond acceptors (Lipinski definition) is 4. The van der Waals surface area contributed by atoms with Crippen LogP contribution in [0.25, 0.3) is 0 Å². The Bertz CT molecular complexity index is 903. The number of halogens is 1. The average Bonchev–Trinajstić information content (AvgIpc) is 2.66. The van der Waals surface area contributed by atoms with Crippen LogP contribution >= 0.6 is 11.6 Å². The topological polar surface area (TPSA) is 70.4 Å². The van der Waals surface area contributed by atoms with Crippen molar-refractivity contribution in [1.82, 2.24) is 4.90 Å². The van der Waals surface area contributed by atoms with E-state index in [9.17, 15) is 9.59 Å². The maximum atomic E-state index is 12.5. The van der Waals surface area contributed by atoms with E-state index in [0.29, 0.717) is 11.1 Å². The molecule has 0 aliphatic carbocycles. The van der Waals surface area contributed by atoms with E-state index in [1.165, 1.54) is 17.2 Å². The number of benzene rings is 2. The highest BCUT2D eigenvalue weighted by Gasteiger charge is 2.30. The van der Waals surface area contributed by atoms with Crippen LogP contribution in [0.2, 0.25) is 5.02 Å². The van der Waals surface area contributed by atoms with Crippen LogP contribution in [-0.4, -0.2) is 16.8 Å². The molecule has 130 valence electrons. The molecule has 2 aromatic rings. The summed E-state index contributed by atoms with van der Waals surface area (Å²) in [6, 6.07) is 15.7. The molecule has 26 heavy (non-hydrogen) atoms. The second kappa shape index (κ2) is 7.85. The van der Waals surface area contributed by atoms with Crippen LogP contribution in [0.3, 0.4) is 0 Å². The van der Waals surface area contributed by atoms with Crippen LogP contribution in [0.5, 0.6) is 0 Å². The van der Waals surface area contributed by atoms with Gasteiger partial charge in [0.05, 0.1) is 16.6 Å². The third kappa shape index (κ3) is 3.93. The number of amides is 1. The predicted molar refractivity (Wildman–Crippen MR) is 96.1 cm³/mol. The van der Waals surface area contributed by atoms with Crippen molar-refractivity contribution in [2.75, 3.05) is 0 Å². The quantitative estimate of drug-likeness (QED) is 0.808. The molecule has 1 atom stereocenters. The molecular formula is C20H15ClN2O3. The van der Waals surface area contributed by atoms with Gasteiger partial charge in [0.2, 0.25) is 0 Å². The summed E-state index contributed by atoms with van der Waals surface area (Å²) >= 11 is 6.09. The molecule has 3 rings (SSSR count). The SMILES string of the molecule is N#Cc1ccc(C2CC(=O)C=CN2C(=O)OCc2ccccc2)cc1Cl. The molecule has 1 amide bonds. The first-order valence-electron chi connectivity index (χ1n) is 7.98. The Morgan fingerprint density at radius 1 is 1.27 bits per heavy atom. The third-order valence-electron chi connectivity index (χ3n) is 4.07. The van der Waals surface area contributed by atoms with E-state index in [2.05, 4.69) is 0 Å². The molecule has 1 aliphatic heterocycles. The molecule has 1 unspecified atom stereocenters. The lowest BCUT2D eigenvalue weighted by Crippen LogP contribution is -2.34. The van der Waals surface area contributed by atoms with Crippen LogP contribution in [0.4, 0.5) is 4.79 Å². The van der Waals surface area contributed by atoms with E-state index in [-0.39, 0.29) is 23.8 Å². The highest BCUT2D eigenvalue weighted by atomic mass is 35.5. The summed E-state index contributed by atoms with van der Waals surface area (Å²) in [5, 5.41) is 9.28. The molecule has 0 aromatic heterocycles. The van der Waals surface area contributed by atoms with Crippen LogP contribution in [0.15, 0.2) is 60.8 Å². The van der Waals surface area contributed by atoms with Crippen molar-refractivity contribution < 1.29 is 14.3 Å². The van der Waals surface area contributed by atoms with Crippen molar-refractivity contribution in [3.8, 4) is 6.07 Å². The minimum atomic E-state index is -0.553. The van der Waals surface area contributed by atoms with Crippen molar-refractivity contribution in [3.05, 3.63) is 82.5 Å². The van der Waals surface area contributed by atoms with Gasteiger partial charge in [-0.1, -0.05) is 48.0 Å². The van der Waals surface area contributed by atoms with Gasteiger partial charge in [-0.25, -0.2) is 4.79 Å². The van der Waals surface area contributed by atoms with Gasteiger partial charge in [0.15, 0.2) is 5.78 Å². The summed E-state index contributed by atoms with van der Waals surface area (Å²) in [4.78, 5) is 25.8. The molecule has 6 heteroatoms. The first-order chi connectivity index (χ1) is 12.6. The zero-order valence-corrected chi connectivity index (χ0v) is 14.5. The van der Waals surface area contributed by atoms with Crippen molar-refractivity contribution in [2.45, 2.75) is 19.1 Å². The van der Waals surface area contributed by atoms with Gasteiger partial charge in [0.25, 0.3) is 0 Å². The van der Waals surface area contributed by atoms with Gasteiger partial charge in [-0.15, -0.1) is 0 Å². The number of allylic oxidation sites excluding steroid dienone is 1. The van der Waals surface area contributed by atoms with Crippen molar-refractivity contribution >= 4 is 23.5 Å². The maximum absolute atomic E-state index is 12.5. The average molecular weight is 367 g/mol. The molecule has 1 heterocycles. The van der Waals surface area contributed by atoms with E-state index in [4.69, 9.17) is 21.6 Å². The number of carbonyl (C=O) groups excluding carboxylic acids is 2. The Kier molecular flexibility index (Phi) is 5.35. The normalized spacial score (nSPS) is 16.2. The molecule has 1 aliphatic rings. The molecule has 0 saturated carbocycles. The standard InChI is InChI=1S/C20H15ClN2O3/c21-18-10-15(6-7-16(18)12-22)19-11-17(24)8-9-23(19)20(25)26-13-14-4-2-1-3-5-14/h1-10,19H,11,13H2. The molecule has 0 radical (unpaired) electrons. The Hall–Kier alpha value is -3.10. The zero-order valence-electron chi connectivity index (χ0n) is 13.8. The summed E-state index contributed by atoms with van der Waals surface area (Å²) in [5.74, 6) is -0.0948. The molecule has 0 spiro atoms.